The van der Waals surface area contributed by atoms with Crippen LogP contribution in [0.5, 0.6) is 0 Å². The Balaban J connectivity index is 2.32. The van der Waals surface area contributed by atoms with Crippen LogP contribution in [0.1, 0.15) is 37.4 Å². The van der Waals surface area contributed by atoms with E-state index in [-0.39, 0.29) is 26.7 Å². The molecule has 0 spiro atoms. The fraction of sp³-hybridized carbons (Fsp3) is 0.0667. The van der Waals surface area contributed by atoms with Crippen molar-refractivity contribution in [2.75, 3.05) is 0 Å². The second-order valence-corrected chi connectivity index (χ2v) is 5.34. The molecule has 0 aromatic heterocycles. The number of carbonyl (C=O) groups is 2. The number of hydrogen-bond donors (Lipinski definition) is 0. The molecule has 0 saturated heterocycles. The van der Waals surface area contributed by atoms with Gasteiger partial charge in [-0.1, -0.05) is 24.3 Å². The number of carbonyl (C=O) groups excluding carboxylic acids is 2. The highest BCUT2D eigenvalue weighted by molar-refractivity contribution is 9.10. The van der Waals surface area contributed by atoms with Gasteiger partial charge in [0.1, 0.15) is 0 Å². The SMILES string of the molecule is O=C1c2ccccc2C(=O)c2c1ccc(C(F)(F)F)c2Br. The number of hydrogen-bond acceptors (Lipinski definition) is 2. The van der Waals surface area contributed by atoms with Crippen molar-refractivity contribution >= 4 is 27.5 Å². The predicted octanol–water partition coefficient (Wildman–Crippen LogP) is 4.24. The molecule has 0 bridgehead atoms. The summed E-state index contributed by atoms with van der Waals surface area (Å²) >= 11 is 2.83. The molecular formula is C15H6BrF3O2. The fourth-order valence-corrected chi connectivity index (χ4v) is 3.12. The van der Waals surface area contributed by atoms with Crippen LogP contribution in [0.4, 0.5) is 13.2 Å². The van der Waals surface area contributed by atoms with Gasteiger partial charge in [-0.15, -0.1) is 0 Å². The Labute approximate surface area is 125 Å². The zero-order valence-electron chi connectivity index (χ0n) is 10.3. The van der Waals surface area contributed by atoms with Crippen LogP contribution < -0.4 is 0 Å². The van der Waals surface area contributed by atoms with Gasteiger partial charge < -0.3 is 0 Å². The summed E-state index contributed by atoms with van der Waals surface area (Å²) in [6.07, 6.45) is -4.60. The zero-order valence-corrected chi connectivity index (χ0v) is 11.9. The third-order valence-electron chi connectivity index (χ3n) is 3.34. The van der Waals surface area contributed by atoms with Crippen LogP contribution in [0.3, 0.4) is 0 Å². The quantitative estimate of drug-likeness (QED) is 0.605. The van der Waals surface area contributed by atoms with Crippen LogP contribution in [0.15, 0.2) is 40.9 Å². The summed E-state index contributed by atoms with van der Waals surface area (Å²) in [5.74, 6) is -1.03. The average molecular weight is 355 g/mol. The van der Waals surface area contributed by atoms with Crippen molar-refractivity contribution < 1.29 is 22.8 Å². The van der Waals surface area contributed by atoms with Crippen molar-refractivity contribution in [1.82, 2.24) is 0 Å². The van der Waals surface area contributed by atoms with Crippen LogP contribution in [0.2, 0.25) is 0 Å². The Bertz CT molecular complexity index is 794. The molecule has 0 radical (unpaired) electrons. The molecule has 0 fully saturated rings. The number of ketones is 2. The molecule has 1 aliphatic rings. The van der Waals surface area contributed by atoms with Crippen molar-refractivity contribution in [2.45, 2.75) is 6.18 Å². The molecule has 1 aliphatic carbocycles. The Morgan fingerprint density at radius 2 is 1.38 bits per heavy atom. The Kier molecular flexibility index (Phi) is 3.02. The van der Waals surface area contributed by atoms with Crippen LogP contribution >= 0.6 is 15.9 Å². The van der Waals surface area contributed by atoms with Crippen LogP contribution in [0.25, 0.3) is 0 Å². The Hall–Kier alpha value is -1.95. The van der Waals surface area contributed by atoms with E-state index in [0.717, 1.165) is 12.1 Å². The third-order valence-corrected chi connectivity index (χ3v) is 4.16. The first kappa shape index (κ1) is 14.0. The van der Waals surface area contributed by atoms with E-state index in [1.807, 2.05) is 0 Å². The van der Waals surface area contributed by atoms with Gasteiger partial charge in [-0.05, 0) is 28.1 Å². The summed E-state index contributed by atoms with van der Waals surface area (Å²) in [4.78, 5) is 24.7. The number of alkyl halides is 3. The summed E-state index contributed by atoms with van der Waals surface area (Å²) in [5.41, 5.74) is -0.884. The maximum atomic E-state index is 12.9. The molecule has 0 aliphatic heterocycles. The summed E-state index contributed by atoms with van der Waals surface area (Å²) in [7, 11) is 0. The largest absolute Gasteiger partial charge is 0.417 e. The van der Waals surface area contributed by atoms with E-state index in [9.17, 15) is 22.8 Å². The van der Waals surface area contributed by atoms with Gasteiger partial charge in [-0.3, -0.25) is 9.59 Å². The van der Waals surface area contributed by atoms with Gasteiger partial charge in [0.15, 0.2) is 11.6 Å². The second kappa shape index (κ2) is 4.53. The van der Waals surface area contributed by atoms with E-state index in [1.165, 1.54) is 12.1 Å². The Morgan fingerprint density at radius 1 is 0.810 bits per heavy atom. The average Bonchev–Trinajstić information content (AvgIpc) is 2.43. The molecule has 0 atom stereocenters. The van der Waals surface area contributed by atoms with Crippen molar-refractivity contribution in [2.24, 2.45) is 0 Å². The van der Waals surface area contributed by atoms with Crippen molar-refractivity contribution in [3.8, 4) is 0 Å². The zero-order chi connectivity index (χ0) is 15.4. The molecule has 2 nitrogen and oxygen atoms in total. The first-order valence-electron chi connectivity index (χ1n) is 5.90. The van der Waals surface area contributed by atoms with Gasteiger partial charge in [0.05, 0.1) is 5.56 Å². The number of halogens is 4. The van der Waals surface area contributed by atoms with Crippen LogP contribution in [-0.4, -0.2) is 11.6 Å². The summed E-state index contributed by atoms with van der Waals surface area (Å²) < 4.78 is 38.3. The molecule has 2 aromatic rings. The third kappa shape index (κ3) is 2.01. The summed E-state index contributed by atoms with van der Waals surface area (Å²) in [5, 5.41) is 0. The monoisotopic (exact) mass is 354 g/mol. The van der Waals surface area contributed by atoms with E-state index in [2.05, 4.69) is 15.9 Å². The van der Waals surface area contributed by atoms with Crippen molar-refractivity contribution in [1.29, 1.82) is 0 Å². The highest BCUT2D eigenvalue weighted by Gasteiger charge is 2.38. The molecule has 3 rings (SSSR count). The number of fused-ring (bicyclic) bond motifs is 2. The topological polar surface area (TPSA) is 34.1 Å². The van der Waals surface area contributed by atoms with Crippen molar-refractivity contribution in [3.63, 3.8) is 0 Å². The van der Waals surface area contributed by atoms with E-state index < -0.39 is 23.3 Å². The van der Waals surface area contributed by atoms with Gasteiger partial charge in [0.25, 0.3) is 0 Å². The number of benzene rings is 2. The van der Waals surface area contributed by atoms with E-state index in [0.29, 0.717) is 0 Å². The molecular weight excluding hydrogens is 349 g/mol. The van der Waals surface area contributed by atoms with Gasteiger partial charge in [-0.25, -0.2) is 0 Å². The van der Waals surface area contributed by atoms with Crippen LogP contribution in [-0.2, 0) is 6.18 Å². The lowest BCUT2D eigenvalue weighted by Crippen LogP contribution is -2.23. The first-order chi connectivity index (χ1) is 9.82. The lowest BCUT2D eigenvalue weighted by atomic mass is 9.83. The summed E-state index contributed by atoms with van der Waals surface area (Å²) in [6, 6.07) is 7.96. The molecule has 0 unspecified atom stereocenters. The Morgan fingerprint density at radius 3 is 1.95 bits per heavy atom. The van der Waals surface area contributed by atoms with E-state index >= 15 is 0 Å². The molecule has 2 aromatic carbocycles. The first-order valence-corrected chi connectivity index (χ1v) is 6.70. The van der Waals surface area contributed by atoms with E-state index in [4.69, 9.17) is 0 Å². The minimum atomic E-state index is -4.60. The molecule has 0 heterocycles. The molecule has 106 valence electrons. The van der Waals surface area contributed by atoms with Crippen LogP contribution in [0, 0.1) is 0 Å². The normalized spacial score (nSPS) is 13.9. The molecule has 0 amide bonds. The fourth-order valence-electron chi connectivity index (χ4n) is 2.37. The molecule has 6 heteroatoms. The van der Waals surface area contributed by atoms with E-state index in [1.54, 1.807) is 12.1 Å². The second-order valence-electron chi connectivity index (χ2n) is 4.55. The minimum absolute atomic E-state index is 0.0152. The maximum absolute atomic E-state index is 12.9. The highest BCUT2D eigenvalue weighted by Crippen LogP contribution is 2.40. The maximum Gasteiger partial charge on any atom is 0.417 e. The molecule has 0 N–H and O–H groups in total. The predicted molar refractivity (Wildman–Crippen MR) is 72.5 cm³/mol. The van der Waals surface area contributed by atoms with Gasteiger partial charge >= 0.3 is 6.18 Å². The van der Waals surface area contributed by atoms with Gasteiger partial charge in [-0.2, -0.15) is 13.2 Å². The lowest BCUT2D eigenvalue weighted by molar-refractivity contribution is -0.138. The highest BCUT2D eigenvalue weighted by atomic mass is 79.9. The summed E-state index contributed by atoms with van der Waals surface area (Å²) in [6.45, 7) is 0. The van der Waals surface area contributed by atoms with Crippen molar-refractivity contribution in [3.05, 3.63) is 68.7 Å². The van der Waals surface area contributed by atoms with Gasteiger partial charge in [0, 0.05) is 26.7 Å². The molecule has 0 saturated carbocycles. The molecule has 21 heavy (non-hydrogen) atoms. The standard InChI is InChI=1S/C15H6BrF3O2/c16-12-10(15(17,18)19)6-5-9-11(12)14(21)8-4-2-1-3-7(8)13(9)20/h1-6H. The smallest absolute Gasteiger partial charge is 0.289 e. The van der Waals surface area contributed by atoms with Gasteiger partial charge in [0.2, 0.25) is 0 Å². The minimum Gasteiger partial charge on any atom is -0.289 e. The number of rotatable bonds is 0. The lowest BCUT2D eigenvalue weighted by Gasteiger charge is -2.20.